The average molecular weight is 242 g/mol. The molecule has 0 saturated heterocycles. The lowest BCUT2D eigenvalue weighted by Gasteiger charge is -2.19. The maximum Gasteiger partial charge on any atom is 0.118 e. The molecular formula is C12H16ClNO2. The van der Waals surface area contributed by atoms with E-state index in [-0.39, 0.29) is 6.54 Å². The number of nitrogens with one attached hydrogen (secondary N) is 1. The minimum absolute atomic E-state index is 0.0268. The van der Waals surface area contributed by atoms with Crippen LogP contribution in [0.2, 0.25) is 5.02 Å². The van der Waals surface area contributed by atoms with Crippen molar-refractivity contribution >= 4 is 17.6 Å². The number of aliphatic carboxylic acids is 1. The molecule has 0 bridgehead atoms. The number of benzene rings is 1. The lowest BCUT2D eigenvalue weighted by atomic mass is 10.2. The highest BCUT2D eigenvalue weighted by Gasteiger charge is 2.10. The fourth-order valence-electron chi connectivity index (χ4n) is 1.71. The topological polar surface area (TPSA) is 44.6 Å². The third-order valence-corrected chi connectivity index (χ3v) is 2.76. The number of carboxylic acid groups (broad SMARTS) is 1. The first-order valence-corrected chi connectivity index (χ1v) is 5.78. The molecule has 3 nitrogen and oxygen atoms in total. The van der Waals surface area contributed by atoms with Crippen LogP contribution >= 0.6 is 11.6 Å². The average Bonchev–Trinajstić information content (AvgIpc) is 2.21. The van der Waals surface area contributed by atoms with Gasteiger partial charge < -0.3 is 14.8 Å². The second-order valence-corrected chi connectivity index (χ2v) is 4.22. The Bertz CT molecular complexity index is 355. The smallest absolute Gasteiger partial charge is 0.118 e. The summed E-state index contributed by atoms with van der Waals surface area (Å²) in [6.45, 7) is 3.49. The van der Waals surface area contributed by atoms with Gasteiger partial charge in [-0.3, -0.25) is 0 Å². The molecule has 0 spiro atoms. The van der Waals surface area contributed by atoms with Gasteiger partial charge >= 0.3 is 0 Å². The lowest BCUT2D eigenvalue weighted by molar-refractivity contribution is -0.908. The van der Waals surface area contributed by atoms with Gasteiger partial charge in [-0.1, -0.05) is 36.7 Å². The van der Waals surface area contributed by atoms with E-state index in [4.69, 9.17) is 11.6 Å². The summed E-state index contributed by atoms with van der Waals surface area (Å²) in [5.74, 6) is -1.02. The van der Waals surface area contributed by atoms with E-state index >= 15 is 0 Å². The molecule has 1 aromatic rings. The molecule has 16 heavy (non-hydrogen) atoms. The fraction of sp³-hybridized carbons (Fsp3) is 0.417. The van der Waals surface area contributed by atoms with Crippen molar-refractivity contribution in [3.63, 3.8) is 0 Å². The molecule has 1 rings (SSSR count). The van der Waals surface area contributed by atoms with E-state index in [0.29, 0.717) is 11.6 Å². The van der Waals surface area contributed by atoms with Crippen LogP contribution in [-0.2, 0) is 11.3 Å². The first-order valence-electron chi connectivity index (χ1n) is 5.40. The van der Waals surface area contributed by atoms with E-state index in [9.17, 15) is 9.90 Å². The maximum atomic E-state index is 10.6. The van der Waals surface area contributed by atoms with Gasteiger partial charge in [0.25, 0.3) is 0 Å². The molecule has 0 saturated carbocycles. The molecule has 0 aliphatic heterocycles. The molecule has 0 heterocycles. The Kier molecular flexibility index (Phi) is 5.29. The second kappa shape index (κ2) is 6.51. The number of rotatable bonds is 6. The molecule has 0 radical (unpaired) electrons. The van der Waals surface area contributed by atoms with Crippen molar-refractivity contribution in [2.24, 2.45) is 0 Å². The summed E-state index contributed by atoms with van der Waals surface area (Å²) in [5.41, 5.74) is 0.980. The molecule has 0 fully saturated rings. The third-order valence-electron chi connectivity index (χ3n) is 2.40. The predicted octanol–water partition coefficient (Wildman–Crippen LogP) is -0.115. The summed E-state index contributed by atoms with van der Waals surface area (Å²) >= 11 is 6.03. The lowest BCUT2D eigenvalue weighted by Crippen LogP contribution is -3.12. The Hall–Kier alpha value is -1.06. The van der Waals surface area contributed by atoms with Crippen LogP contribution in [0.25, 0.3) is 0 Å². The summed E-state index contributed by atoms with van der Waals surface area (Å²) in [5, 5.41) is 11.3. The maximum absolute atomic E-state index is 10.6. The molecular weight excluding hydrogens is 226 g/mol. The summed E-state index contributed by atoms with van der Waals surface area (Å²) in [7, 11) is 0. The van der Waals surface area contributed by atoms with Crippen LogP contribution in [0.4, 0.5) is 0 Å². The van der Waals surface area contributed by atoms with Crippen LogP contribution in [0.1, 0.15) is 18.9 Å². The van der Waals surface area contributed by atoms with E-state index in [1.54, 1.807) is 0 Å². The summed E-state index contributed by atoms with van der Waals surface area (Å²) in [6.07, 6.45) is 0.938. The van der Waals surface area contributed by atoms with Gasteiger partial charge in [0.05, 0.1) is 12.5 Å². The van der Waals surface area contributed by atoms with Gasteiger partial charge in [0.1, 0.15) is 13.1 Å². The third kappa shape index (κ3) is 4.21. The standard InChI is InChI=1S/C12H16ClNO2/c1-2-7-14(9-12(15)16)8-10-5-3-4-6-11(10)13/h3-6H,2,7-9H2,1H3,(H,15,16). The largest absolute Gasteiger partial charge is 0.544 e. The first kappa shape index (κ1) is 13.0. The van der Waals surface area contributed by atoms with Gasteiger partial charge in [0.2, 0.25) is 0 Å². The van der Waals surface area contributed by atoms with Crippen molar-refractivity contribution < 1.29 is 14.8 Å². The van der Waals surface area contributed by atoms with Crippen molar-refractivity contribution in [3.8, 4) is 0 Å². The van der Waals surface area contributed by atoms with Crippen LogP contribution in [0.3, 0.4) is 0 Å². The zero-order valence-corrected chi connectivity index (χ0v) is 10.1. The van der Waals surface area contributed by atoms with Gasteiger partial charge in [0, 0.05) is 10.6 Å². The van der Waals surface area contributed by atoms with Gasteiger partial charge in [-0.05, 0) is 12.5 Å². The van der Waals surface area contributed by atoms with Crippen molar-refractivity contribution in [2.45, 2.75) is 19.9 Å². The number of carboxylic acids is 1. The Morgan fingerprint density at radius 3 is 2.69 bits per heavy atom. The molecule has 0 aliphatic rings. The first-order chi connectivity index (χ1) is 7.63. The Morgan fingerprint density at radius 2 is 2.12 bits per heavy atom. The number of hydrogen-bond donors (Lipinski definition) is 1. The van der Waals surface area contributed by atoms with Crippen molar-refractivity contribution in [1.29, 1.82) is 0 Å². The zero-order chi connectivity index (χ0) is 12.0. The number of carbonyl (C=O) groups excluding carboxylic acids is 1. The van der Waals surface area contributed by atoms with Crippen LogP contribution in [-0.4, -0.2) is 19.1 Å². The van der Waals surface area contributed by atoms with E-state index < -0.39 is 5.97 Å². The predicted molar refractivity (Wildman–Crippen MR) is 61.2 cm³/mol. The summed E-state index contributed by atoms with van der Waals surface area (Å²) < 4.78 is 0. The fourth-order valence-corrected chi connectivity index (χ4v) is 1.91. The number of carbonyl (C=O) groups is 1. The zero-order valence-electron chi connectivity index (χ0n) is 9.33. The van der Waals surface area contributed by atoms with E-state index in [1.165, 1.54) is 0 Å². The van der Waals surface area contributed by atoms with Crippen LogP contribution in [0, 0.1) is 0 Å². The van der Waals surface area contributed by atoms with Gasteiger partial charge in [-0.25, -0.2) is 0 Å². The molecule has 1 N–H and O–H groups in total. The van der Waals surface area contributed by atoms with E-state index in [2.05, 4.69) is 0 Å². The highest BCUT2D eigenvalue weighted by Crippen LogP contribution is 2.13. The normalized spacial score (nSPS) is 12.4. The van der Waals surface area contributed by atoms with E-state index in [0.717, 1.165) is 23.4 Å². The molecule has 0 aliphatic carbocycles. The monoisotopic (exact) mass is 241 g/mol. The Morgan fingerprint density at radius 1 is 1.44 bits per heavy atom. The molecule has 4 heteroatoms. The second-order valence-electron chi connectivity index (χ2n) is 3.82. The van der Waals surface area contributed by atoms with Crippen molar-refractivity contribution in [2.75, 3.05) is 13.1 Å². The number of quaternary nitrogens is 1. The highest BCUT2D eigenvalue weighted by molar-refractivity contribution is 6.31. The molecule has 1 aromatic carbocycles. The van der Waals surface area contributed by atoms with E-state index in [1.807, 2.05) is 31.2 Å². The Balaban J connectivity index is 2.67. The molecule has 0 aromatic heterocycles. The van der Waals surface area contributed by atoms with Crippen molar-refractivity contribution in [1.82, 2.24) is 0 Å². The molecule has 1 atom stereocenters. The quantitative estimate of drug-likeness (QED) is 0.755. The Labute approximate surface area is 101 Å². The van der Waals surface area contributed by atoms with Gasteiger partial charge in [-0.15, -0.1) is 0 Å². The summed E-state index contributed by atoms with van der Waals surface area (Å²) in [6, 6.07) is 7.51. The van der Waals surface area contributed by atoms with Gasteiger partial charge in [-0.2, -0.15) is 0 Å². The molecule has 0 amide bonds. The summed E-state index contributed by atoms with van der Waals surface area (Å²) in [4.78, 5) is 11.6. The highest BCUT2D eigenvalue weighted by atomic mass is 35.5. The molecule has 88 valence electrons. The van der Waals surface area contributed by atoms with Gasteiger partial charge in [0.15, 0.2) is 0 Å². The van der Waals surface area contributed by atoms with Crippen molar-refractivity contribution in [3.05, 3.63) is 34.9 Å². The molecule has 1 unspecified atom stereocenters. The SMILES string of the molecule is CCC[NH+](CC(=O)[O-])Cc1ccccc1Cl. The number of halogens is 1. The van der Waals surface area contributed by atoms with Crippen LogP contribution in [0.5, 0.6) is 0 Å². The van der Waals surface area contributed by atoms with Crippen LogP contribution < -0.4 is 10.0 Å². The number of hydrogen-bond acceptors (Lipinski definition) is 2. The minimum Gasteiger partial charge on any atom is -0.544 e. The van der Waals surface area contributed by atoms with Crippen LogP contribution in [0.15, 0.2) is 24.3 Å². The minimum atomic E-state index is -1.02.